The van der Waals surface area contributed by atoms with Gasteiger partial charge >= 0.3 is 5.97 Å². The Morgan fingerprint density at radius 2 is 1.68 bits per heavy atom. The van der Waals surface area contributed by atoms with E-state index in [9.17, 15) is 24.6 Å². The number of carbonyl (C=O) groups is 3. The van der Waals surface area contributed by atoms with Gasteiger partial charge in [0.1, 0.15) is 0 Å². The molecule has 0 aromatic heterocycles. The number of Topliss-reactive ketones (excluding diaryl/α,β-unsaturated/α-hetero) is 2. The van der Waals surface area contributed by atoms with Gasteiger partial charge in [0.2, 0.25) is 0 Å². The molecule has 3 aliphatic rings. The first kappa shape index (κ1) is 21.4. The van der Waals surface area contributed by atoms with Crippen molar-refractivity contribution in [1.29, 1.82) is 0 Å². The monoisotopic (exact) mass is 445 g/mol. The molecule has 2 aliphatic carbocycles. The van der Waals surface area contributed by atoms with Crippen LogP contribution in [-0.4, -0.2) is 46.3 Å². The number of aromatic hydroxyl groups is 1. The molecule has 4 rings (SSSR count). The molecule has 31 heavy (non-hydrogen) atoms. The second-order valence-corrected chi connectivity index (χ2v) is 8.46. The molecule has 1 aliphatic heterocycles. The maximum absolute atomic E-state index is 13.1. The maximum Gasteiger partial charge on any atom is 0.305 e. The lowest BCUT2D eigenvalue weighted by atomic mass is 9.71. The number of methoxy groups -OCH3 is 1. The average Bonchev–Trinajstić information content (AvgIpc) is 2.73. The van der Waals surface area contributed by atoms with Gasteiger partial charge in [-0.3, -0.25) is 14.4 Å². The van der Waals surface area contributed by atoms with E-state index in [1.807, 2.05) is 4.90 Å². The Bertz CT molecular complexity index is 997. The van der Waals surface area contributed by atoms with Crippen LogP contribution in [0.4, 0.5) is 0 Å². The highest BCUT2D eigenvalue weighted by Gasteiger charge is 2.43. The van der Waals surface area contributed by atoms with Gasteiger partial charge in [-0.05, 0) is 43.4 Å². The molecule has 8 heteroatoms. The molecule has 1 heterocycles. The zero-order valence-corrected chi connectivity index (χ0v) is 18.0. The number of benzene rings is 1. The summed E-state index contributed by atoms with van der Waals surface area (Å²) in [6.07, 6.45) is 3.33. The van der Waals surface area contributed by atoms with Crippen molar-refractivity contribution >= 4 is 29.1 Å². The summed E-state index contributed by atoms with van der Waals surface area (Å²) in [6.45, 7) is 0.222. The van der Waals surface area contributed by atoms with E-state index in [0.717, 1.165) is 11.4 Å². The van der Waals surface area contributed by atoms with Crippen molar-refractivity contribution in [3.05, 3.63) is 45.3 Å². The van der Waals surface area contributed by atoms with Crippen LogP contribution in [0.25, 0.3) is 0 Å². The van der Waals surface area contributed by atoms with Gasteiger partial charge in [-0.2, -0.15) is 0 Å². The molecule has 0 saturated carbocycles. The molecule has 2 N–H and O–H groups in total. The molecule has 7 nitrogen and oxygen atoms in total. The molecule has 0 amide bonds. The molecule has 0 saturated heterocycles. The summed E-state index contributed by atoms with van der Waals surface area (Å²) in [6, 6.07) is 3.20. The van der Waals surface area contributed by atoms with Crippen molar-refractivity contribution in [2.24, 2.45) is 0 Å². The third-order valence-electron chi connectivity index (χ3n) is 6.24. The number of hydrogen-bond acceptors (Lipinski definition) is 6. The second-order valence-electron chi connectivity index (χ2n) is 8.06. The molecule has 0 bridgehead atoms. The van der Waals surface area contributed by atoms with Crippen molar-refractivity contribution in [3.8, 4) is 11.5 Å². The number of rotatable bonds is 5. The van der Waals surface area contributed by atoms with Crippen LogP contribution >= 0.6 is 11.6 Å². The van der Waals surface area contributed by atoms with E-state index in [-0.39, 0.29) is 41.1 Å². The number of halogens is 1. The Labute approximate surface area is 184 Å². The van der Waals surface area contributed by atoms with Gasteiger partial charge in [0.15, 0.2) is 23.1 Å². The van der Waals surface area contributed by atoms with Crippen LogP contribution in [-0.2, 0) is 14.4 Å². The molecule has 0 spiro atoms. The topological polar surface area (TPSA) is 104 Å². The van der Waals surface area contributed by atoms with Gasteiger partial charge in [0, 0.05) is 47.8 Å². The van der Waals surface area contributed by atoms with Crippen LogP contribution in [0.1, 0.15) is 56.4 Å². The summed E-state index contributed by atoms with van der Waals surface area (Å²) in [7, 11) is 1.41. The van der Waals surface area contributed by atoms with E-state index in [1.165, 1.54) is 7.11 Å². The molecule has 0 unspecified atom stereocenters. The van der Waals surface area contributed by atoms with E-state index in [4.69, 9.17) is 16.3 Å². The Kier molecular flexibility index (Phi) is 5.79. The number of carboxylic acids is 1. The zero-order chi connectivity index (χ0) is 22.3. The first-order valence-electron chi connectivity index (χ1n) is 10.4. The largest absolute Gasteiger partial charge is 0.503 e. The Morgan fingerprint density at radius 1 is 1.10 bits per heavy atom. The lowest BCUT2D eigenvalue weighted by Crippen LogP contribution is -2.39. The van der Waals surface area contributed by atoms with Crippen LogP contribution in [0, 0.1) is 0 Å². The number of ether oxygens (including phenoxy) is 1. The minimum absolute atomic E-state index is 0.0420. The fraction of sp³-hybridized carbons (Fsp3) is 0.435. The van der Waals surface area contributed by atoms with Crippen molar-refractivity contribution in [3.63, 3.8) is 0 Å². The summed E-state index contributed by atoms with van der Waals surface area (Å²) < 4.78 is 5.26. The minimum Gasteiger partial charge on any atom is -0.503 e. The second kappa shape index (κ2) is 8.38. The van der Waals surface area contributed by atoms with Crippen LogP contribution in [0.5, 0.6) is 11.5 Å². The van der Waals surface area contributed by atoms with E-state index >= 15 is 0 Å². The molecular weight excluding hydrogens is 422 g/mol. The van der Waals surface area contributed by atoms with Gasteiger partial charge in [0.05, 0.1) is 18.6 Å². The smallest absolute Gasteiger partial charge is 0.305 e. The van der Waals surface area contributed by atoms with E-state index in [2.05, 4.69) is 0 Å². The van der Waals surface area contributed by atoms with Gasteiger partial charge in [-0.15, -0.1) is 0 Å². The quantitative estimate of drug-likeness (QED) is 0.707. The molecule has 0 atom stereocenters. The fourth-order valence-corrected chi connectivity index (χ4v) is 5.16. The summed E-state index contributed by atoms with van der Waals surface area (Å²) in [5, 5.41) is 19.5. The van der Waals surface area contributed by atoms with Gasteiger partial charge < -0.3 is 19.8 Å². The van der Waals surface area contributed by atoms with Crippen LogP contribution < -0.4 is 4.74 Å². The number of nitrogens with zero attached hydrogens (tertiary/aromatic N) is 1. The van der Waals surface area contributed by atoms with E-state index < -0.39 is 11.9 Å². The van der Waals surface area contributed by atoms with Gasteiger partial charge in [-0.25, -0.2) is 0 Å². The van der Waals surface area contributed by atoms with Crippen molar-refractivity contribution in [2.45, 2.75) is 50.9 Å². The van der Waals surface area contributed by atoms with Crippen LogP contribution in [0.2, 0.25) is 5.02 Å². The van der Waals surface area contributed by atoms with Gasteiger partial charge in [-0.1, -0.05) is 11.6 Å². The Balaban J connectivity index is 1.95. The lowest BCUT2D eigenvalue weighted by molar-refractivity contribution is -0.137. The standard InChI is InChI=1S/C23H24ClNO6/c1-31-18-11-12(10-13(24)23(18)30)20-21-14(4-2-6-16(21)26)25(9-8-19(28)29)15-5-3-7-17(27)22(15)20/h10-11,20,30H,2-9H2,1H3,(H,28,29). The molecule has 0 radical (unpaired) electrons. The highest BCUT2D eigenvalue weighted by molar-refractivity contribution is 6.32. The lowest BCUT2D eigenvalue weighted by Gasteiger charge is -2.44. The predicted octanol–water partition coefficient (Wildman–Crippen LogP) is 3.94. The first-order chi connectivity index (χ1) is 14.8. The fourth-order valence-electron chi connectivity index (χ4n) is 4.94. The number of hydrogen-bond donors (Lipinski definition) is 2. The van der Waals surface area contributed by atoms with E-state index in [0.29, 0.717) is 55.2 Å². The summed E-state index contributed by atoms with van der Waals surface area (Å²) in [5.74, 6) is -1.63. The Hall–Kier alpha value is -2.80. The highest BCUT2D eigenvalue weighted by atomic mass is 35.5. The number of carbonyl (C=O) groups excluding carboxylic acids is 2. The van der Waals surface area contributed by atoms with Crippen LogP contribution in [0.3, 0.4) is 0 Å². The normalized spacial score (nSPS) is 19.5. The molecule has 0 fully saturated rings. The number of ketones is 2. The molecule has 1 aromatic rings. The third kappa shape index (κ3) is 3.71. The molecular formula is C23H24ClNO6. The predicted molar refractivity (Wildman–Crippen MR) is 113 cm³/mol. The molecule has 164 valence electrons. The van der Waals surface area contributed by atoms with Gasteiger partial charge in [0.25, 0.3) is 0 Å². The number of phenols is 1. The van der Waals surface area contributed by atoms with Crippen molar-refractivity contribution < 1.29 is 29.3 Å². The van der Waals surface area contributed by atoms with Crippen molar-refractivity contribution in [1.82, 2.24) is 4.90 Å². The summed E-state index contributed by atoms with van der Waals surface area (Å²) >= 11 is 6.25. The number of phenolic OH excluding ortho intramolecular Hbond substituents is 1. The average molecular weight is 446 g/mol. The SMILES string of the molecule is COc1cc(C2C3=C(CCCC3=O)N(CCC(=O)O)C3=C2C(=O)CCC3)cc(Cl)c1O. The van der Waals surface area contributed by atoms with Crippen molar-refractivity contribution in [2.75, 3.05) is 13.7 Å². The zero-order valence-electron chi connectivity index (χ0n) is 17.2. The summed E-state index contributed by atoms with van der Waals surface area (Å²) in [5.41, 5.74) is 3.30. The number of allylic oxidation sites excluding steroid dienone is 4. The minimum atomic E-state index is -0.925. The highest BCUT2D eigenvalue weighted by Crippen LogP contribution is 2.50. The Morgan fingerprint density at radius 3 is 2.19 bits per heavy atom. The maximum atomic E-state index is 13.1. The molecule has 1 aromatic carbocycles. The number of carboxylic acid groups (broad SMARTS) is 1. The third-order valence-corrected chi connectivity index (χ3v) is 6.53. The van der Waals surface area contributed by atoms with E-state index in [1.54, 1.807) is 12.1 Å². The van der Waals surface area contributed by atoms with Crippen LogP contribution in [0.15, 0.2) is 34.7 Å². The number of aliphatic carboxylic acids is 1. The first-order valence-corrected chi connectivity index (χ1v) is 10.8. The summed E-state index contributed by atoms with van der Waals surface area (Å²) in [4.78, 5) is 39.4.